The zero-order valence-corrected chi connectivity index (χ0v) is 16.8. The van der Waals surface area contributed by atoms with E-state index in [0.29, 0.717) is 6.54 Å². The molecule has 146 valence electrons. The van der Waals surface area contributed by atoms with Crippen LogP contribution in [0.25, 0.3) is 10.2 Å². The molecule has 1 amide bonds. The molecule has 6 nitrogen and oxygen atoms in total. The number of benzene rings is 2. The van der Waals surface area contributed by atoms with Crippen molar-refractivity contribution in [3.8, 4) is 0 Å². The van der Waals surface area contributed by atoms with Gasteiger partial charge in [-0.3, -0.25) is 4.79 Å². The lowest BCUT2D eigenvalue weighted by Crippen LogP contribution is -3.08. The third kappa shape index (κ3) is 4.67. The third-order valence-electron chi connectivity index (χ3n) is 4.78. The predicted molar refractivity (Wildman–Crippen MR) is 113 cm³/mol. The number of hydrogen-bond donors (Lipinski definition) is 2. The molecule has 0 bridgehead atoms. The Bertz CT molecular complexity index is 902. The molecule has 2 aromatic carbocycles. The minimum Gasteiger partial charge on any atom is -0.378 e. The Morgan fingerprint density at radius 3 is 2.68 bits per heavy atom. The van der Waals surface area contributed by atoms with E-state index in [0.717, 1.165) is 54.0 Å². The maximum Gasteiger partial charge on any atom is 0.279 e. The van der Waals surface area contributed by atoms with E-state index in [4.69, 9.17) is 4.74 Å². The van der Waals surface area contributed by atoms with E-state index in [2.05, 4.69) is 33.4 Å². The van der Waals surface area contributed by atoms with Crippen LogP contribution in [0.4, 0.5) is 11.4 Å². The molecule has 1 aromatic heterocycles. The van der Waals surface area contributed by atoms with Crippen molar-refractivity contribution in [2.24, 2.45) is 0 Å². The summed E-state index contributed by atoms with van der Waals surface area (Å²) < 4.78 is 6.58. The molecule has 1 aliphatic rings. The Hall–Kier alpha value is -2.48. The van der Waals surface area contributed by atoms with Gasteiger partial charge in [-0.2, -0.15) is 0 Å². The summed E-state index contributed by atoms with van der Waals surface area (Å²) in [4.78, 5) is 20.5. The van der Waals surface area contributed by atoms with Gasteiger partial charge in [0.1, 0.15) is 11.6 Å². The number of likely N-dealkylation sites (N-methyl/N-ethyl adjacent to an activating group) is 1. The number of anilines is 2. The number of carbonyl (C=O) groups excluding carboxylic acids is 1. The number of fused-ring (bicyclic) bond motifs is 1. The summed E-state index contributed by atoms with van der Waals surface area (Å²) in [6, 6.07) is 16.2. The van der Waals surface area contributed by atoms with Crippen LogP contribution in [0, 0.1) is 0 Å². The van der Waals surface area contributed by atoms with Gasteiger partial charge in [0, 0.05) is 24.5 Å². The summed E-state index contributed by atoms with van der Waals surface area (Å²) in [6.07, 6.45) is 0. The van der Waals surface area contributed by atoms with Crippen LogP contribution in [0.1, 0.15) is 5.01 Å². The molecular formula is C21H25N4O2S+. The summed E-state index contributed by atoms with van der Waals surface area (Å²) in [5, 5.41) is 4.05. The van der Waals surface area contributed by atoms with Gasteiger partial charge in [-0.05, 0) is 36.4 Å². The first-order valence-corrected chi connectivity index (χ1v) is 10.4. The van der Waals surface area contributed by atoms with Gasteiger partial charge in [-0.1, -0.05) is 12.1 Å². The van der Waals surface area contributed by atoms with Gasteiger partial charge in [0.2, 0.25) is 0 Å². The molecule has 0 radical (unpaired) electrons. The van der Waals surface area contributed by atoms with Gasteiger partial charge >= 0.3 is 0 Å². The summed E-state index contributed by atoms with van der Waals surface area (Å²) in [7, 11) is 2.02. The highest BCUT2D eigenvalue weighted by Crippen LogP contribution is 2.21. The second-order valence-electron chi connectivity index (χ2n) is 7.08. The number of morpholine rings is 1. The molecular weight excluding hydrogens is 372 g/mol. The van der Waals surface area contributed by atoms with Gasteiger partial charge in [-0.25, -0.2) is 4.98 Å². The monoisotopic (exact) mass is 397 g/mol. The van der Waals surface area contributed by atoms with Crippen LogP contribution in [0.2, 0.25) is 0 Å². The van der Waals surface area contributed by atoms with Gasteiger partial charge < -0.3 is 19.9 Å². The lowest BCUT2D eigenvalue weighted by Gasteiger charge is -2.28. The Balaban J connectivity index is 1.29. The van der Waals surface area contributed by atoms with Gasteiger partial charge in [-0.15, -0.1) is 11.3 Å². The molecule has 1 unspecified atom stereocenters. The normalized spacial score (nSPS) is 15.5. The number of quaternary nitrogens is 1. The molecule has 2 heterocycles. The number of para-hydroxylation sites is 1. The highest BCUT2D eigenvalue weighted by molar-refractivity contribution is 7.18. The molecule has 1 atom stereocenters. The van der Waals surface area contributed by atoms with E-state index >= 15 is 0 Å². The number of amides is 1. The Labute approximate surface area is 168 Å². The van der Waals surface area contributed by atoms with Crippen LogP contribution in [-0.2, 0) is 16.1 Å². The van der Waals surface area contributed by atoms with Crippen LogP contribution in [0.3, 0.4) is 0 Å². The molecule has 1 saturated heterocycles. The lowest BCUT2D eigenvalue weighted by atomic mass is 10.2. The highest BCUT2D eigenvalue weighted by atomic mass is 32.1. The molecule has 0 aliphatic carbocycles. The third-order valence-corrected chi connectivity index (χ3v) is 5.82. The Kier molecular flexibility index (Phi) is 5.85. The molecule has 7 heteroatoms. The standard InChI is InChI=1S/C21H24N4O2S/c1-24(15-21-23-18-4-2-3-5-19(18)28-21)14-20(26)22-16-6-8-17(9-7-16)25-10-12-27-13-11-25/h2-9H,10-15H2,1H3,(H,22,26)/p+1. The SMILES string of the molecule is C[NH+](CC(=O)Nc1ccc(N2CCOCC2)cc1)Cc1nc2ccccc2s1. The molecule has 4 rings (SSSR count). The van der Waals surface area contributed by atoms with Gasteiger partial charge in [0.25, 0.3) is 5.91 Å². The number of aromatic nitrogens is 1. The first kappa shape index (κ1) is 18.9. The van der Waals surface area contributed by atoms with Crippen molar-refractivity contribution in [3.05, 3.63) is 53.5 Å². The minimum absolute atomic E-state index is 0.0118. The fourth-order valence-electron chi connectivity index (χ4n) is 3.37. The molecule has 0 saturated carbocycles. The average molecular weight is 398 g/mol. The first-order chi connectivity index (χ1) is 13.7. The van der Waals surface area contributed by atoms with Crippen LogP contribution in [0.15, 0.2) is 48.5 Å². The number of thiazole rings is 1. The molecule has 1 fully saturated rings. The van der Waals surface area contributed by atoms with Crippen molar-refractivity contribution in [2.45, 2.75) is 6.54 Å². The van der Waals surface area contributed by atoms with Crippen LogP contribution >= 0.6 is 11.3 Å². The fraction of sp³-hybridized carbons (Fsp3) is 0.333. The Morgan fingerprint density at radius 1 is 1.18 bits per heavy atom. The number of nitrogens with zero attached hydrogens (tertiary/aromatic N) is 2. The average Bonchev–Trinajstić information content (AvgIpc) is 3.11. The Morgan fingerprint density at radius 2 is 1.93 bits per heavy atom. The summed E-state index contributed by atoms with van der Waals surface area (Å²) in [5.74, 6) is 0.0118. The van der Waals surface area contributed by atoms with Crippen molar-refractivity contribution >= 4 is 38.8 Å². The van der Waals surface area contributed by atoms with Crippen molar-refractivity contribution < 1.29 is 14.4 Å². The summed E-state index contributed by atoms with van der Waals surface area (Å²) >= 11 is 1.69. The fourth-order valence-corrected chi connectivity index (χ4v) is 4.45. The molecule has 1 aliphatic heterocycles. The smallest absolute Gasteiger partial charge is 0.279 e. The zero-order valence-electron chi connectivity index (χ0n) is 16.0. The molecule has 28 heavy (non-hydrogen) atoms. The summed E-state index contributed by atoms with van der Waals surface area (Å²) in [6.45, 7) is 4.49. The minimum atomic E-state index is 0.0118. The predicted octanol–water partition coefficient (Wildman–Crippen LogP) is 1.79. The van der Waals surface area contributed by atoms with E-state index in [1.54, 1.807) is 11.3 Å². The number of ether oxygens (including phenoxy) is 1. The summed E-state index contributed by atoms with van der Waals surface area (Å²) in [5.41, 5.74) is 3.02. The molecule has 0 spiro atoms. The second kappa shape index (κ2) is 8.68. The van der Waals surface area contributed by atoms with Gasteiger partial charge in [0.05, 0.1) is 30.5 Å². The van der Waals surface area contributed by atoms with Crippen LogP contribution < -0.4 is 15.1 Å². The van der Waals surface area contributed by atoms with E-state index in [1.807, 2.05) is 37.4 Å². The maximum atomic E-state index is 12.4. The molecule has 2 N–H and O–H groups in total. The van der Waals surface area contributed by atoms with Crippen LogP contribution in [-0.4, -0.2) is 50.8 Å². The van der Waals surface area contributed by atoms with E-state index in [-0.39, 0.29) is 5.91 Å². The first-order valence-electron chi connectivity index (χ1n) is 9.56. The second-order valence-corrected chi connectivity index (χ2v) is 8.20. The number of carbonyl (C=O) groups is 1. The van der Waals surface area contributed by atoms with Gasteiger partial charge in [0.15, 0.2) is 6.54 Å². The number of hydrogen-bond acceptors (Lipinski definition) is 5. The quantitative estimate of drug-likeness (QED) is 0.666. The van der Waals surface area contributed by atoms with Crippen molar-refractivity contribution in [1.29, 1.82) is 0 Å². The highest BCUT2D eigenvalue weighted by Gasteiger charge is 2.14. The van der Waals surface area contributed by atoms with Crippen LogP contribution in [0.5, 0.6) is 0 Å². The number of rotatable bonds is 6. The van der Waals surface area contributed by atoms with E-state index in [1.165, 1.54) is 10.4 Å². The van der Waals surface area contributed by atoms with Crippen molar-refractivity contribution in [1.82, 2.24) is 4.98 Å². The van der Waals surface area contributed by atoms with E-state index < -0.39 is 0 Å². The molecule has 3 aromatic rings. The number of nitrogens with one attached hydrogen (secondary N) is 2. The topological polar surface area (TPSA) is 58.9 Å². The largest absolute Gasteiger partial charge is 0.378 e. The zero-order chi connectivity index (χ0) is 19.3. The van der Waals surface area contributed by atoms with E-state index in [9.17, 15) is 4.79 Å². The van der Waals surface area contributed by atoms with Crippen molar-refractivity contribution in [2.75, 3.05) is 50.1 Å². The maximum absolute atomic E-state index is 12.4. The lowest BCUT2D eigenvalue weighted by molar-refractivity contribution is -0.885. The van der Waals surface area contributed by atoms with Crippen molar-refractivity contribution in [3.63, 3.8) is 0 Å².